The molecule has 1 unspecified atom stereocenters. The van der Waals surface area contributed by atoms with Crippen LogP contribution in [0.25, 0.3) is 0 Å². The normalized spacial score (nSPS) is 20.9. The van der Waals surface area contributed by atoms with E-state index in [0.29, 0.717) is 6.04 Å². The fourth-order valence-corrected chi connectivity index (χ4v) is 3.94. The molecule has 0 spiro atoms. The van der Waals surface area contributed by atoms with E-state index in [-0.39, 0.29) is 0 Å². The summed E-state index contributed by atoms with van der Waals surface area (Å²) in [7, 11) is 0. The van der Waals surface area contributed by atoms with Gasteiger partial charge in [-0.05, 0) is 41.5 Å². The summed E-state index contributed by atoms with van der Waals surface area (Å²) in [6.45, 7) is 6.60. The largest absolute Gasteiger partial charge is 0.315 e. The van der Waals surface area contributed by atoms with E-state index in [1.54, 1.807) is 11.3 Å². The maximum Gasteiger partial charge on any atom is 0.107 e. The highest BCUT2D eigenvalue weighted by Crippen LogP contribution is 2.33. The summed E-state index contributed by atoms with van der Waals surface area (Å²) in [5.74, 6) is 0. The lowest BCUT2D eigenvalue weighted by Crippen LogP contribution is -2.35. The summed E-state index contributed by atoms with van der Waals surface area (Å²) in [5.41, 5.74) is 0. The monoisotopic (exact) mass is 322 g/mol. The van der Waals surface area contributed by atoms with Crippen LogP contribution in [-0.2, 0) is 6.54 Å². The molecule has 0 aliphatic carbocycles. The molecule has 0 amide bonds. The fourth-order valence-electron chi connectivity index (χ4n) is 2.12. The van der Waals surface area contributed by atoms with Gasteiger partial charge in [-0.25, -0.2) is 0 Å². The number of nitrogens with zero attached hydrogens (tertiary/aromatic N) is 1. The lowest BCUT2D eigenvalue weighted by molar-refractivity contribution is 0.212. The number of rotatable bonds is 4. The fraction of sp³-hybridized carbons (Fsp3) is 0.636. The Morgan fingerprint density at radius 2 is 2.50 bits per heavy atom. The van der Waals surface area contributed by atoms with Gasteiger partial charge in [0.15, 0.2) is 0 Å². The van der Waals surface area contributed by atoms with E-state index in [4.69, 9.17) is 11.6 Å². The zero-order valence-corrected chi connectivity index (χ0v) is 12.5. The average Bonchev–Trinajstić information content (AvgIpc) is 2.86. The van der Waals surface area contributed by atoms with Crippen molar-refractivity contribution in [3.05, 3.63) is 19.8 Å². The molecule has 1 aromatic heterocycles. The molecule has 1 aliphatic heterocycles. The molecule has 16 heavy (non-hydrogen) atoms. The maximum absolute atomic E-state index is 6.06. The van der Waals surface area contributed by atoms with Crippen molar-refractivity contribution in [1.82, 2.24) is 10.2 Å². The third-order valence-electron chi connectivity index (χ3n) is 3.01. The predicted octanol–water partition coefficient (Wildman–Crippen LogP) is 3.35. The Kier molecular flexibility index (Phi) is 4.67. The van der Waals surface area contributed by atoms with Gasteiger partial charge in [-0.2, -0.15) is 0 Å². The lowest BCUT2D eigenvalue weighted by Gasteiger charge is -2.26. The van der Waals surface area contributed by atoms with Crippen molar-refractivity contribution in [2.75, 3.05) is 19.6 Å². The van der Waals surface area contributed by atoms with Gasteiger partial charge < -0.3 is 5.32 Å². The van der Waals surface area contributed by atoms with Gasteiger partial charge in [0, 0.05) is 28.5 Å². The molecule has 2 heterocycles. The van der Waals surface area contributed by atoms with E-state index in [1.165, 1.54) is 11.3 Å². The summed E-state index contributed by atoms with van der Waals surface area (Å²) in [4.78, 5) is 3.86. The summed E-state index contributed by atoms with van der Waals surface area (Å²) in [6, 6.07) is 2.82. The van der Waals surface area contributed by atoms with E-state index in [9.17, 15) is 0 Å². The van der Waals surface area contributed by atoms with E-state index in [0.717, 1.165) is 35.0 Å². The summed E-state index contributed by atoms with van der Waals surface area (Å²) < 4.78 is 1.88. The third-order valence-corrected chi connectivity index (χ3v) is 5.47. The highest BCUT2D eigenvalue weighted by Gasteiger charge is 2.21. The second-order valence-corrected chi connectivity index (χ2v) is 6.64. The SMILES string of the molecule is CCN(Cc1cc(Br)c(Cl)s1)C1CCNC1. The number of hydrogen-bond donors (Lipinski definition) is 1. The third kappa shape index (κ3) is 2.99. The summed E-state index contributed by atoms with van der Waals surface area (Å²) in [5, 5.41) is 3.42. The molecule has 90 valence electrons. The molecule has 1 saturated heterocycles. The molecule has 5 heteroatoms. The van der Waals surface area contributed by atoms with Crippen LogP contribution in [-0.4, -0.2) is 30.6 Å². The summed E-state index contributed by atoms with van der Waals surface area (Å²) >= 11 is 11.2. The molecule has 2 rings (SSSR count). The Hall–Kier alpha value is 0.390. The van der Waals surface area contributed by atoms with Crippen LogP contribution >= 0.6 is 38.9 Å². The van der Waals surface area contributed by atoms with Crippen molar-refractivity contribution in [3.63, 3.8) is 0 Å². The highest BCUT2D eigenvalue weighted by molar-refractivity contribution is 9.10. The molecule has 1 atom stereocenters. The Balaban J connectivity index is 2.00. The minimum Gasteiger partial charge on any atom is -0.315 e. The minimum atomic E-state index is 0.685. The molecule has 0 saturated carbocycles. The first-order chi connectivity index (χ1) is 7.70. The van der Waals surface area contributed by atoms with Crippen LogP contribution in [0.15, 0.2) is 10.5 Å². The molecule has 2 nitrogen and oxygen atoms in total. The van der Waals surface area contributed by atoms with Crippen LogP contribution in [0, 0.1) is 0 Å². The van der Waals surface area contributed by atoms with E-state index in [2.05, 4.69) is 39.1 Å². The lowest BCUT2D eigenvalue weighted by atomic mass is 10.2. The second-order valence-electron chi connectivity index (χ2n) is 4.04. The average molecular weight is 324 g/mol. The Labute approximate surface area is 114 Å². The Bertz CT molecular complexity index is 330. The molecular weight excluding hydrogens is 308 g/mol. The molecular formula is C11H16BrClN2S. The van der Waals surface area contributed by atoms with Crippen molar-refractivity contribution in [2.45, 2.75) is 25.9 Å². The van der Waals surface area contributed by atoms with Crippen molar-refractivity contribution < 1.29 is 0 Å². The van der Waals surface area contributed by atoms with Gasteiger partial charge in [0.2, 0.25) is 0 Å². The second kappa shape index (κ2) is 5.83. The predicted molar refractivity (Wildman–Crippen MR) is 74.4 cm³/mol. The van der Waals surface area contributed by atoms with Crippen LogP contribution < -0.4 is 5.32 Å². The highest BCUT2D eigenvalue weighted by atomic mass is 79.9. The van der Waals surface area contributed by atoms with Crippen LogP contribution in [0.4, 0.5) is 0 Å². The number of halogens is 2. The van der Waals surface area contributed by atoms with Gasteiger partial charge in [0.05, 0.1) is 0 Å². The van der Waals surface area contributed by atoms with Crippen LogP contribution in [0.2, 0.25) is 4.34 Å². The molecule has 1 aromatic rings. The molecule has 1 fully saturated rings. The van der Waals surface area contributed by atoms with Crippen LogP contribution in [0.5, 0.6) is 0 Å². The number of nitrogens with one attached hydrogen (secondary N) is 1. The van der Waals surface area contributed by atoms with E-state index >= 15 is 0 Å². The van der Waals surface area contributed by atoms with Crippen molar-refractivity contribution in [2.24, 2.45) is 0 Å². The smallest absolute Gasteiger partial charge is 0.107 e. The number of hydrogen-bond acceptors (Lipinski definition) is 3. The quantitative estimate of drug-likeness (QED) is 0.914. The van der Waals surface area contributed by atoms with Crippen molar-refractivity contribution >= 4 is 38.9 Å². The zero-order valence-electron chi connectivity index (χ0n) is 9.30. The molecule has 0 bridgehead atoms. The molecule has 1 aliphatic rings. The first-order valence-electron chi connectivity index (χ1n) is 5.59. The van der Waals surface area contributed by atoms with Gasteiger partial charge in [-0.15, -0.1) is 11.3 Å². The van der Waals surface area contributed by atoms with Gasteiger partial charge in [-0.1, -0.05) is 18.5 Å². The van der Waals surface area contributed by atoms with Gasteiger partial charge in [0.1, 0.15) is 4.34 Å². The standard InChI is InChI=1S/C11H16BrClN2S/c1-2-15(8-3-4-14-6-8)7-9-5-10(12)11(13)16-9/h5,8,14H,2-4,6-7H2,1H3. The number of likely N-dealkylation sites (N-methyl/N-ethyl adjacent to an activating group) is 1. The van der Waals surface area contributed by atoms with Crippen molar-refractivity contribution in [1.29, 1.82) is 0 Å². The Morgan fingerprint density at radius 3 is 3.00 bits per heavy atom. The molecule has 0 radical (unpaired) electrons. The zero-order chi connectivity index (χ0) is 11.5. The number of thiophene rings is 1. The van der Waals surface area contributed by atoms with Crippen LogP contribution in [0.1, 0.15) is 18.2 Å². The van der Waals surface area contributed by atoms with E-state index in [1.807, 2.05) is 0 Å². The first kappa shape index (κ1) is 12.8. The first-order valence-corrected chi connectivity index (χ1v) is 7.58. The Morgan fingerprint density at radius 1 is 1.69 bits per heavy atom. The molecule has 1 N–H and O–H groups in total. The molecule has 0 aromatic carbocycles. The minimum absolute atomic E-state index is 0.685. The van der Waals surface area contributed by atoms with Crippen LogP contribution in [0.3, 0.4) is 0 Å². The van der Waals surface area contributed by atoms with Gasteiger partial charge in [-0.3, -0.25) is 4.90 Å². The summed E-state index contributed by atoms with van der Waals surface area (Å²) in [6.07, 6.45) is 1.26. The van der Waals surface area contributed by atoms with E-state index < -0.39 is 0 Å². The topological polar surface area (TPSA) is 15.3 Å². The van der Waals surface area contributed by atoms with Gasteiger partial charge >= 0.3 is 0 Å². The van der Waals surface area contributed by atoms with Crippen molar-refractivity contribution in [3.8, 4) is 0 Å². The van der Waals surface area contributed by atoms with Gasteiger partial charge in [0.25, 0.3) is 0 Å². The maximum atomic E-state index is 6.06.